The Balaban J connectivity index is 2.53. The fourth-order valence-electron chi connectivity index (χ4n) is 1.83. The van der Waals surface area contributed by atoms with Crippen molar-refractivity contribution in [1.29, 1.82) is 0 Å². The van der Waals surface area contributed by atoms with Crippen molar-refractivity contribution in [3.8, 4) is 5.75 Å². The molecule has 0 aliphatic rings. The SMILES string of the molecule is Cc1ccc(OC(C)(C)C(=O)O)c2ccccc12. The van der Waals surface area contributed by atoms with E-state index < -0.39 is 11.6 Å². The van der Waals surface area contributed by atoms with Crippen LogP contribution in [0, 0.1) is 6.92 Å². The van der Waals surface area contributed by atoms with Crippen LogP contribution in [-0.4, -0.2) is 16.7 Å². The van der Waals surface area contributed by atoms with Crippen molar-refractivity contribution in [1.82, 2.24) is 0 Å². The molecule has 0 aromatic heterocycles. The van der Waals surface area contributed by atoms with Gasteiger partial charge in [0.25, 0.3) is 0 Å². The normalized spacial score (nSPS) is 11.5. The second-order valence-corrected chi connectivity index (χ2v) is 4.84. The molecule has 0 saturated carbocycles. The Morgan fingerprint density at radius 2 is 1.72 bits per heavy atom. The van der Waals surface area contributed by atoms with Gasteiger partial charge < -0.3 is 9.84 Å². The highest BCUT2D eigenvalue weighted by Gasteiger charge is 2.29. The van der Waals surface area contributed by atoms with Crippen LogP contribution in [0.5, 0.6) is 5.75 Å². The first-order valence-electron chi connectivity index (χ1n) is 5.82. The zero-order valence-electron chi connectivity index (χ0n) is 10.7. The summed E-state index contributed by atoms with van der Waals surface area (Å²) in [4.78, 5) is 11.1. The van der Waals surface area contributed by atoms with E-state index in [2.05, 4.69) is 0 Å². The van der Waals surface area contributed by atoms with Crippen molar-refractivity contribution < 1.29 is 14.6 Å². The molecule has 94 valence electrons. The monoisotopic (exact) mass is 244 g/mol. The van der Waals surface area contributed by atoms with Gasteiger partial charge in [0.1, 0.15) is 5.75 Å². The predicted molar refractivity (Wildman–Crippen MR) is 71.0 cm³/mol. The summed E-state index contributed by atoms with van der Waals surface area (Å²) in [5, 5.41) is 11.1. The average molecular weight is 244 g/mol. The smallest absolute Gasteiger partial charge is 0.347 e. The van der Waals surface area contributed by atoms with Gasteiger partial charge in [0.05, 0.1) is 0 Å². The summed E-state index contributed by atoms with van der Waals surface area (Å²) in [5.41, 5.74) is -0.0935. The Kier molecular flexibility index (Phi) is 2.99. The van der Waals surface area contributed by atoms with Gasteiger partial charge in [-0.2, -0.15) is 0 Å². The number of benzene rings is 2. The molecule has 2 rings (SSSR count). The minimum Gasteiger partial charge on any atom is -0.478 e. The molecule has 3 heteroatoms. The molecule has 2 aromatic rings. The molecular formula is C15H16O3. The molecule has 2 aromatic carbocycles. The summed E-state index contributed by atoms with van der Waals surface area (Å²) < 4.78 is 5.63. The first-order chi connectivity index (χ1) is 8.42. The number of carbonyl (C=O) groups is 1. The Labute approximate surface area is 106 Å². The van der Waals surface area contributed by atoms with E-state index in [4.69, 9.17) is 9.84 Å². The van der Waals surface area contributed by atoms with E-state index in [1.807, 2.05) is 43.3 Å². The number of hydrogen-bond acceptors (Lipinski definition) is 2. The molecule has 0 saturated heterocycles. The van der Waals surface area contributed by atoms with Crippen LogP contribution in [0.4, 0.5) is 0 Å². The van der Waals surface area contributed by atoms with E-state index in [0.29, 0.717) is 5.75 Å². The molecule has 0 unspecified atom stereocenters. The summed E-state index contributed by atoms with van der Waals surface area (Å²) in [6.45, 7) is 5.11. The molecule has 0 aliphatic heterocycles. The molecule has 0 atom stereocenters. The summed E-state index contributed by atoms with van der Waals surface area (Å²) in [5.74, 6) is -0.379. The topological polar surface area (TPSA) is 46.5 Å². The molecule has 0 amide bonds. The molecule has 0 fully saturated rings. The van der Waals surface area contributed by atoms with Crippen molar-refractivity contribution in [2.45, 2.75) is 26.4 Å². The number of aliphatic carboxylic acids is 1. The summed E-state index contributed by atoms with van der Waals surface area (Å²) in [6.07, 6.45) is 0. The third-order valence-corrected chi connectivity index (χ3v) is 2.98. The number of rotatable bonds is 3. The van der Waals surface area contributed by atoms with Crippen LogP contribution in [-0.2, 0) is 4.79 Å². The van der Waals surface area contributed by atoms with E-state index in [9.17, 15) is 4.79 Å². The van der Waals surface area contributed by atoms with Gasteiger partial charge in [0.15, 0.2) is 5.60 Å². The molecule has 0 bridgehead atoms. The second kappa shape index (κ2) is 4.33. The maximum atomic E-state index is 11.1. The highest BCUT2D eigenvalue weighted by atomic mass is 16.5. The van der Waals surface area contributed by atoms with Crippen molar-refractivity contribution in [2.75, 3.05) is 0 Å². The second-order valence-electron chi connectivity index (χ2n) is 4.84. The minimum atomic E-state index is -1.24. The number of carboxylic acids is 1. The number of carboxylic acid groups (broad SMARTS) is 1. The first kappa shape index (κ1) is 12.4. The van der Waals surface area contributed by atoms with Gasteiger partial charge in [0, 0.05) is 5.39 Å². The molecule has 0 heterocycles. The Hall–Kier alpha value is -2.03. The van der Waals surface area contributed by atoms with E-state index in [-0.39, 0.29) is 0 Å². The Morgan fingerprint density at radius 3 is 2.33 bits per heavy atom. The van der Waals surface area contributed by atoms with Crippen LogP contribution < -0.4 is 4.74 Å². The summed E-state index contributed by atoms with van der Waals surface area (Å²) in [6, 6.07) is 11.6. The van der Waals surface area contributed by atoms with Crippen molar-refractivity contribution in [3.63, 3.8) is 0 Å². The maximum absolute atomic E-state index is 11.1. The van der Waals surface area contributed by atoms with Gasteiger partial charge in [-0.05, 0) is 37.8 Å². The Bertz CT molecular complexity index is 600. The predicted octanol–water partition coefficient (Wildman–Crippen LogP) is 3.39. The van der Waals surface area contributed by atoms with E-state index in [1.54, 1.807) is 13.8 Å². The van der Waals surface area contributed by atoms with Gasteiger partial charge >= 0.3 is 5.97 Å². The van der Waals surface area contributed by atoms with Crippen molar-refractivity contribution in [3.05, 3.63) is 42.0 Å². The van der Waals surface area contributed by atoms with Crippen molar-refractivity contribution in [2.24, 2.45) is 0 Å². The summed E-state index contributed by atoms with van der Waals surface area (Å²) in [7, 11) is 0. The third-order valence-electron chi connectivity index (χ3n) is 2.98. The van der Waals surface area contributed by atoms with E-state index in [0.717, 1.165) is 16.3 Å². The molecule has 3 nitrogen and oxygen atoms in total. The van der Waals surface area contributed by atoms with Crippen LogP contribution in [0.1, 0.15) is 19.4 Å². The van der Waals surface area contributed by atoms with Gasteiger partial charge in [0.2, 0.25) is 0 Å². The number of fused-ring (bicyclic) bond motifs is 1. The maximum Gasteiger partial charge on any atom is 0.347 e. The molecule has 18 heavy (non-hydrogen) atoms. The highest BCUT2D eigenvalue weighted by Crippen LogP contribution is 2.30. The standard InChI is InChI=1S/C15H16O3/c1-10-8-9-13(18-15(2,3)14(16)17)12-7-5-4-6-11(10)12/h4-9H,1-3H3,(H,16,17). The van der Waals surface area contributed by atoms with Gasteiger partial charge in [-0.15, -0.1) is 0 Å². The number of aryl methyl sites for hydroxylation is 1. The Morgan fingerprint density at radius 1 is 1.11 bits per heavy atom. The van der Waals surface area contributed by atoms with Crippen LogP contribution in [0.25, 0.3) is 10.8 Å². The average Bonchev–Trinajstić information content (AvgIpc) is 2.33. The molecular weight excluding hydrogens is 228 g/mol. The van der Waals surface area contributed by atoms with Gasteiger partial charge in [-0.1, -0.05) is 30.3 Å². The van der Waals surface area contributed by atoms with Crippen molar-refractivity contribution >= 4 is 16.7 Å². The van der Waals surface area contributed by atoms with Crippen LogP contribution in [0.3, 0.4) is 0 Å². The molecule has 0 aliphatic carbocycles. The van der Waals surface area contributed by atoms with Crippen LogP contribution >= 0.6 is 0 Å². The number of ether oxygens (including phenoxy) is 1. The first-order valence-corrected chi connectivity index (χ1v) is 5.82. The zero-order chi connectivity index (χ0) is 13.3. The lowest BCUT2D eigenvalue weighted by molar-refractivity contribution is -0.152. The highest BCUT2D eigenvalue weighted by molar-refractivity contribution is 5.91. The molecule has 1 N–H and O–H groups in total. The summed E-state index contributed by atoms with van der Waals surface area (Å²) >= 11 is 0. The number of hydrogen-bond donors (Lipinski definition) is 1. The largest absolute Gasteiger partial charge is 0.478 e. The van der Waals surface area contributed by atoms with Crippen LogP contribution in [0.15, 0.2) is 36.4 Å². The molecule has 0 spiro atoms. The fraction of sp³-hybridized carbons (Fsp3) is 0.267. The lowest BCUT2D eigenvalue weighted by atomic mass is 10.0. The fourth-order valence-corrected chi connectivity index (χ4v) is 1.83. The van der Waals surface area contributed by atoms with Crippen LogP contribution in [0.2, 0.25) is 0 Å². The molecule has 0 radical (unpaired) electrons. The lowest BCUT2D eigenvalue weighted by Gasteiger charge is -2.22. The van der Waals surface area contributed by atoms with Gasteiger partial charge in [-0.3, -0.25) is 0 Å². The third kappa shape index (κ3) is 2.16. The quantitative estimate of drug-likeness (QED) is 0.900. The lowest BCUT2D eigenvalue weighted by Crippen LogP contribution is -2.37. The van der Waals surface area contributed by atoms with E-state index >= 15 is 0 Å². The zero-order valence-corrected chi connectivity index (χ0v) is 10.7. The minimum absolute atomic E-state index is 0.601. The van der Waals surface area contributed by atoms with E-state index in [1.165, 1.54) is 0 Å². The van der Waals surface area contributed by atoms with Gasteiger partial charge in [-0.25, -0.2) is 4.79 Å².